The van der Waals surface area contributed by atoms with Crippen molar-refractivity contribution in [3.63, 3.8) is 0 Å². The fourth-order valence-corrected chi connectivity index (χ4v) is 9.34. The Morgan fingerprint density at radius 2 is 0.839 bits per heavy atom. The highest BCUT2D eigenvalue weighted by molar-refractivity contribution is 6.30. The van der Waals surface area contributed by atoms with Gasteiger partial charge in [0.25, 0.3) is 0 Å². The summed E-state index contributed by atoms with van der Waals surface area (Å²) in [6.07, 6.45) is 0. The van der Waals surface area contributed by atoms with E-state index in [0.29, 0.717) is 5.92 Å². The third kappa shape index (κ3) is 4.94. The average Bonchev–Trinajstić information content (AvgIpc) is 3.60. The summed E-state index contributed by atoms with van der Waals surface area (Å²) in [7, 11) is 0. The molecule has 0 unspecified atom stereocenters. The highest BCUT2D eigenvalue weighted by Gasteiger charge is 2.21. The van der Waals surface area contributed by atoms with Crippen molar-refractivity contribution in [2.75, 3.05) is 0 Å². The molecule has 1 heterocycles. The van der Waals surface area contributed by atoms with Crippen LogP contribution < -0.4 is 0 Å². The molecule has 56 heavy (non-hydrogen) atoms. The van der Waals surface area contributed by atoms with E-state index in [-0.39, 0.29) is 0 Å². The smallest absolute Gasteiger partial charge is 0.0553 e. The van der Waals surface area contributed by atoms with E-state index in [4.69, 9.17) is 0 Å². The minimum absolute atomic E-state index is 0.474. The Labute approximate surface area is 326 Å². The summed E-state index contributed by atoms with van der Waals surface area (Å²) >= 11 is 0. The number of aromatic nitrogens is 1. The minimum Gasteiger partial charge on any atom is -0.309 e. The van der Waals surface area contributed by atoms with E-state index >= 15 is 0 Å². The van der Waals surface area contributed by atoms with Crippen LogP contribution in [0.2, 0.25) is 0 Å². The molecule has 11 rings (SSSR count). The first kappa shape index (κ1) is 32.5. The SMILES string of the molecule is CC(C)c1ccc(-n2c3ccc4ccccc4c3c3c4ccccc4c(-c4ccc(-c5c6ccccc6c(-c6ccccc6)c6ccccc56)cc4)cc32)cc1. The van der Waals surface area contributed by atoms with Gasteiger partial charge in [-0.2, -0.15) is 0 Å². The predicted molar refractivity (Wildman–Crippen MR) is 241 cm³/mol. The van der Waals surface area contributed by atoms with Crippen LogP contribution in [0.3, 0.4) is 0 Å². The molecule has 1 nitrogen and oxygen atoms in total. The topological polar surface area (TPSA) is 4.93 Å². The highest BCUT2D eigenvalue weighted by Crippen LogP contribution is 2.46. The monoisotopic (exact) mass is 713 g/mol. The van der Waals surface area contributed by atoms with Crippen LogP contribution in [0.15, 0.2) is 194 Å². The molecule has 1 aromatic heterocycles. The molecule has 11 aromatic rings. The van der Waals surface area contributed by atoms with Gasteiger partial charge in [0.2, 0.25) is 0 Å². The van der Waals surface area contributed by atoms with E-state index in [1.807, 2.05) is 0 Å². The van der Waals surface area contributed by atoms with Gasteiger partial charge in [-0.05, 0) is 112 Å². The number of hydrogen-bond donors (Lipinski definition) is 0. The molecule has 0 spiro atoms. The van der Waals surface area contributed by atoms with Gasteiger partial charge in [0.15, 0.2) is 0 Å². The molecule has 0 saturated heterocycles. The van der Waals surface area contributed by atoms with Crippen molar-refractivity contribution >= 4 is 64.9 Å². The zero-order valence-corrected chi connectivity index (χ0v) is 31.5. The molecule has 0 saturated carbocycles. The lowest BCUT2D eigenvalue weighted by molar-refractivity contribution is 0.866. The van der Waals surface area contributed by atoms with Gasteiger partial charge in [-0.25, -0.2) is 0 Å². The minimum atomic E-state index is 0.474. The van der Waals surface area contributed by atoms with Crippen LogP contribution in [0.25, 0.3) is 104 Å². The van der Waals surface area contributed by atoms with Crippen molar-refractivity contribution in [2.45, 2.75) is 19.8 Å². The van der Waals surface area contributed by atoms with Gasteiger partial charge in [-0.15, -0.1) is 0 Å². The number of nitrogens with zero attached hydrogens (tertiary/aromatic N) is 1. The first-order chi connectivity index (χ1) is 27.6. The molecular formula is C55H39N. The van der Waals surface area contributed by atoms with Gasteiger partial charge < -0.3 is 4.57 Å². The molecule has 10 aromatic carbocycles. The Balaban J connectivity index is 1.16. The van der Waals surface area contributed by atoms with Crippen LogP contribution in [0, 0.1) is 0 Å². The van der Waals surface area contributed by atoms with Crippen molar-refractivity contribution in [1.29, 1.82) is 0 Å². The summed E-state index contributed by atoms with van der Waals surface area (Å²) in [6, 6.07) is 72.0. The normalized spacial score (nSPS) is 11.9. The fourth-order valence-electron chi connectivity index (χ4n) is 9.34. The van der Waals surface area contributed by atoms with Crippen LogP contribution >= 0.6 is 0 Å². The molecule has 0 aliphatic rings. The second-order valence-corrected chi connectivity index (χ2v) is 15.4. The summed E-state index contributed by atoms with van der Waals surface area (Å²) in [5, 5.41) is 12.8. The summed E-state index contributed by atoms with van der Waals surface area (Å²) in [5.74, 6) is 0.474. The molecule has 0 amide bonds. The third-order valence-corrected chi connectivity index (χ3v) is 12.0. The Hall–Kier alpha value is -6.96. The lowest BCUT2D eigenvalue weighted by Crippen LogP contribution is -1.96. The van der Waals surface area contributed by atoms with Crippen LogP contribution in [-0.2, 0) is 0 Å². The first-order valence-electron chi connectivity index (χ1n) is 19.7. The average molecular weight is 714 g/mol. The van der Waals surface area contributed by atoms with E-state index in [1.54, 1.807) is 0 Å². The molecule has 1 heteroatoms. The molecule has 0 bridgehead atoms. The molecule has 264 valence electrons. The van der Waals surface area contributed by atoms with Crippen LogP contribution in [0.4, 0.5) is 0 Å². The van der Waals surface area contributed by atoms with Gasteiger partial charge in [-0.3, -0.25) is 0 Å². The maximum atomic E-state index is 2.48. The quantitative estimate of drug-likeness (QED) is 0.157. The molecular weight excluding hydrogens is 675 g/mol. The summed E-state index contributed by atoms with van der Waals surface area (Å²) in [6.45, 7) is 4.52. The maximum Gasteiger partial charge on any atom is 0.0553 e. The Bertz CT molecular complexity index is 3240. The van der Waals surface area contributed by atoms with Crippen molar-refractivity contribution in [1.82, 2.24) is 4.57 Å². The molecule has 0 N–H and O–H groups in total. The highest BCUT2D eigenvalue weighted by atomic mass is 15.0. The zero-order valence-electron chi connectivity index (χ0n) is 31.5. The van der Waals surface area contributed by atoms with Gasteiger partial charge in [0.1, 0.15) is 0 Å². The van der Waals surface area contributed by atoms with Crippen molar-refractivity contribution < 1.29 is 0 Å². The van der Waals surface area contributed by atoms with Crippen LogP contribution in [0.5, 0.6) is 0 Å². The Morgan fingerprint density at radius 1 is 0.357 bits per heavy atom. The maximum absolute atomic E-state index is 2.48. The van der Waals surface area contributed by atoms with E-state index in [1.165, 1.54) is 110 Å². The number of fused-ring (bicyclic) bond motifs is 9. The lowest BCUT2D eigenvalue weighted by Gasteiger charge is -2.18. The standard InChI is InChI=1S/C55H39N/c1-35(2)36-28-31-41(32-29-36)56-50-33-30-37-14-6-7-17-42(37)54(50)55-44-19-9-8-18-43(44)49(34-51(55)56)38-24-26-40(27-25-38)53-47-22-12-10-20-45(47)52(39-15-4-3-5-16-39)46-21-11-13-23-48(46)53/h3-35H,1-2H3. The van der Waals surface area contributed by atoms with Crippen molar-refractivity contribution in [3.8, 4) is 39.1 Å². The van der Waals surface area contributed by atoms with E-state index < -0.39 is 0 Å². The summed E-state index contributed by atoms with van der Waals surface area (Å²) in [4.78, 5) is 0. The number of hydrogen-bond acceptors (Lipinski definition) is 0. The van der Waals surface area contributed by atoms with Gasteiger partial charge in [-0.1, -0.05) is 184 Å². The van der Waals surface area contributed by atoms with Crippen molar-refractivity contribution in [2.24, 2.45) is 0 Å². The third-order valence-electron chi connectivity index (χ3n) is 12.0. The van der Waals surface area contributed by atoms with Gasteiger partial charge in [0.05, 0.1) is 11.0 Å². The molecule has 0 fully saturated rings. The summed E-state index contributed by atoms with van der Waals surface area (Å²) in [5.41, 5.74) is 12.5. The summed E-state index contributed by atoms with van der Waals surface area (Å²) < 4.78 is 2.48. The second kappa shape index (κ2) is 12.8. The second-order valence-electron chi connectivity index (χ2n) is 15.4. The Morgan fingerprint density at radius 3 is 1.45 bits per heavy atom. The lowest BCUT2D eigenvalue weighted by atomic mass is 9.85. The molecule has 0 radical (unpaired) electrons. The van der Waals surface area contributed by atoms with Gasteiger partial charge >= 0.3 is 0 Å². The van der Waals surface area contributed by atoms with E-state index in [9.17, 15) is 0 Å². The Kier molecular flexibility index (Phi) is 7.44. The van der Waals surface area contributed by atoms with Crippen LogP contribution in [0.1, 0.15) is 25.3 Å². The zero-order chi connectivity index (χ0) is 37.3. The largest absolute Gasteiger partial charge is 0.309 e. The first-order valence-corrected chi connectivity index (χ1v) is 19.7. The van der Waals surface area contributed by atoms with Gasteiger partial charge in [0, 0.05) is 16.5 Å². The number of rotatable bonds is 5. The molecule has 0 aliphatic carbocycles. The molecule has 0 atom stereocenters. The molecule has 0 aliphatic heterocycles. The van der Waals surface area contributed by atoms with Crippen LogP contribution in [-0.4, -0.2) is 4.57 Å². The van der Waals surface area contributed by atoms with E-state index in [0.717, 1.165) is 0 Å². The predicted octanol–water partition coefficient (Wildman–Crippen LogP) is 15.5. The van der Waals surface area contributed by atoms with E-state index in [2.05, 4.69) is 213 Å². The van der Waals surface area contributed by atoms with Crippen molar-refractivity contribution in [3.05, 3.63) is 200 Å². The number of benzene rings is 10. The fraction of sp³-hybridized carbons (Fsp3) is 0.0545.